The minimum atomic E-state index is 0.323. The number of imidazole rings is 1. The Kier molecular flexibility index (Phi) is 4.75. The second kappa shape index (κ2) is 7.71. The molecule has 0 unspecified atom stereocenters. The van der Waals surface area contributed by atoms with Gasteiger partial charge in [0.15, 0.2) is 0 Å². The maximum atomic E-state index is 5.45. The van der Waals surface area contributed by atoms with E-state index >= 15 is 0 Å². The van der Waals surface area contributed by atoms with Crippen LogP contribution in [0.15, 0.2) is 36.9 Å². The smallest absolute Gasteiger partial charge is 0.227 e. The van der Waals surface area contributed by atoms with Crippen LogP contribution in [0.2, 0.25) is 0 Å². The molecule has 154 valence electrons. The third-order valence-electron chi connectivity index (χ3n) is 5.48. The molecule has 0 amide bonds. The summed E-state index contributed by atoms with van der Waals surface area (Å²) in [4.78, 5) is 20.5. The summed E-state index contributed by atoms with van der Waals surface area (Å²) in [5.41, 5.74) is 2.73. The van der Waals surface area contributed by atoms with Crippen molar-refractivity contribution in [3.8, 4) is 11.4 Å². The number of hydrogen-bond acceptors (Lipinski definition) is 8. The lowest BCUT2D eigenvalue weighted by molar-refractivity contribution is 0.0816. The summed E-state index contributed by atoms with van der Waals surface area (Å²) in [6, 6.07) is 3.81. The van der Waals surface area contributed by atoms with Crippen molar-refractivity contribution in [2.45, 2.75) is 18.9 Å². The van der Waals surface area contributed by atoms with Gasteiger partial charge in [-0.2, -0.15) is 10.1 Å². The van der Waals surface area contributed by atoms with Crippen molar-refractivity contribution in [2.75, 3.05) is 30.4 Å². The molecule has 0 radical (unpaired) electrons. The van der Waals surface area contributed by atoms with Crippen molar-refractivity contribution in [2.24, 2.45) is 7.05 Å². The first kappa shape index (κ1) is 18.5. The van der Waals surface area contributed by atoms with E-state index in [9.17, 15) is 0 Å². The average molecular weight is 405 g/mol. The number of aromatic nitrogens is 7. The molecule has 2 N–H and O–H groups in total. The molecule has 1 aliphatic rings. The van der Waals surface area contributed by atoms with Gasteiger partial charge in [0.25, 0.3) is 0 Å². The van der Waals surface area contributed by atoms with Crippen molar-refractivity contribution in [3.05, 3.63) is 36.9 Å². The number of hydrogen-bond donors (Lipinski definition) is 2. The van der Waals surface area contributed by atoms with E-state index in [-0.39, 0.29) is 0 Å². The Bertz CT molecular complexity index is 1150. The van der Waals surface area contributed by atoms with Gasteiger partial charge in [-0.15, -0.1) is 0 Å². The largest absolute Gasteiger partial charge is 0.381 e. The molecule has 0 spiro atoms. The van der Waals surface area contributed by atoms with Crippen LogP contribution >= 0.6 is 0 Å². The molecular weight excluding hydrogens is 382 g/mol. The number of nitrogens with zero attached hydrogens (tertiary/aromatic N) is 7. The zero-order valence-corrected chi connectivity index (χ0v) is 16.9. The van der Waals surface area contributed by atoms with E-state index in [1.165, 1.54) is 0 Å². The Balaban J connectivity index is 1.37. The van der Waals surface area contributed by atoms with Gasteiger partial charge in [0.05, 0.1) is 29.6 Å². The SMILES string of the molecule is COC1CCN(c2nccc(Nc3cc4c(cn3)nc(-c3cn[nH]c3)n4C)n2)CC1. The molecule has 4 aromatic rings. The van der Waals surface area contributed by atoms with Crippen LogP contribution in [0.5, 0.6) is 0 Å². The van der Waals surface area contributed by atoms with Crippen LogP contribution in [0.1, 0.15) is 12.8 Å². The van der Waals surface area contributed by atoms with Crippen molar-refractivity contribution in [1.29, 1.82) is 0 Å². The lowest BCUT2D eigenvalue weighted by atomic mass is 10.1. The number of rotatable bonds is 5. The van der Waals surface area contributed by atoms with Gasteiger partial charge in [0.2, 0.25) is 5.95 Å². The van der Waals surface area contributed by atoms with Gasteiger partial charge in [-0.1, -0.05) is 0 Å². The minimum absolute atomic E-state index is 0.323. The van der Waals surface area contributed by atoms with Gasteiger partial charge < -0.3 is 19.5 Å². The highest BCUT2D eigenvalue weighted by atomic mass is 16.5. The van der Waals surface area contributed by atoms with Crippen molar-refractivity contribution in [1.82, 2.24) is 34.7 Å². The predicted octanol–water partition coefficient (Wildman–Crippen LogP) is 2.51. The number of nitrogens with one attached hydrogen (secondary N) is 2. The summed E-state index contributed by atoms with van der Waals surface area (Å²) < 4.78 is 7.47. The summed E-state index contributed by atoms with van der Waals surface area (Å²) in [6.45, 7) is 1.77. The summed E-state index contributed by atoms with van der Waals surface area (Å²) in [5, 5.41) is 10.1. The number of pyridine rings is 1. The predicted molar refractivity (Wildman–Crippen MR) is 114 cm³/mol. The molecule has 5 heterocycles. The second-order valence-electron chi connectivity index (χ2n) is 7.33. The number of piperidine rings is 1. The van der Waals surface area contributed by atoms with E-state index in [4.69, 9.17) is 4.74 Å². The number of H-pyrrole nitrogens is 1. The van der Waals surface area contributed by atoms with E-state index < -0.39 is 0 Å². The molecule has 10 heteroatoms. The Morgan fingerprint density at radius 1 is 1.13 bits per heavy atom. The standard InChI is InChI=1S/C20H23N9O/c1-28-16-9-18(22-12-15(16)25-19(28)13-10-23-24-11-13)26-17-3-6-21-20(27-17)29-7-4-14(30-2)5-8-29/h3,6,9-12,14H,4-5,7-8H2,1-2H3,(H,23,24)(H,21,22,26,27). The number of ether oxygens (including phenoxy) is 1. The highest BCUT2D eigenvalue weighted by molar-refractivity contribution is 5.82. The van der Waals surface area contributed by atoms with Gasteiger partial charge in [0, 0.05) is 45.7 Å². The number of fused-ring (bicyclic) bond motifs is 1. The van der Waals surface area contributed by atoms with E-state index in [1.54, 1.807) is 25.7 Å². The van der Waals surface area contributed by atoms with Gasteiger partial charge >= 0.3 is 0 Å². The molecule has 0 atom stereocenters. The molecule has 0 aromatic carbocycles. The fourth-order valence-corrected chi connectivity index (χ4v) is 3.79. The molecule has 1 aliphatic heterocycles. The highest BCUT2D eigenvalue weighted by Gasteiger charge is 2.20. The van der Waals surface area contributed by atoms with Crippen LogP contribution in [-0.2, 0) is 11.8 Å². The van der Waals surface area contributed by atoms with E-state index in [0.29, 0.717) is 17.7 Å². The number of aryl methyl sites for hydroxylation is 1. The Morgan fingerprint density at radius 3 is 2.77 bits per heavy atom. The van der Waals surface area contributed by atoms with E-state index in [1.807, 2.05) is 29.9 Å². The van der Waals surface area contributed by atoms with Crippen molar-refractivity contribution in [3.63, 3.8) is 0 Å². The minimum Gasteiger partial charge on any atom is -0.381 e. The second-order valence-corrected chi connectivity index (χ2v) is 7.33. The molecular formula is C20H23N9O. The Morgan fingerprint density at radius 2 is 2.00 bits per heavy atom. The van der Waals surface area contributed by atoms with Crippen molar-refractivity contribution >= 4 is 28.6 Å². The molecule has 1 fully saturated rings. The average Bonchev–Trinajstić information content (AvgIpc) is 3.42. The molecule has 0 bridgehead atoms. The van der Waals surface area contributed by atoms with Crippen LogP contribution in [0.25, 0.3) is 22.4 Å². The molecule has 5 rings (SSSR count). The normalized spacial score (nSPS) is 15.1. The Hall–Kier alpha value is -3.53. The van der Waals surface area contributed by atoms with Crippen LogP contribution < -0.4 is 10.2 Å². The Labute approximate surface area is 173 Å². The number of anilines is 3. The quantitative estimate of drug-likeness (QED) is 0.521. The highest BCUT2D eigenvalue weighted by Crippen LogP contribution is 2.25. The van der Waals surface area contributed by atoms with Gasteiger partial charge in [-0.05, 0) is 18.9 Å². The van der Waals surface area contributed by atoms with Gasteiger partial charge in [0.1, 0.15) is 23.0 Å². The number of methoxy groups -OCH3 is 1. The topological polar surface area (TPSA) is 110 Å². The first-order valence-corrected chi connectivity index (χ1v) is 9.90. The molecule has 4 aromatic heterocycles. The molecule has 0 aliphatic carbocycles. The van der Waals surface area contributed by atoms with Crippen molar-refractivity contribution < 1.29 is 4.74 Å². The van der Waals surface area contributed by atoms with Gasteiger partial charge in [-0.25, -0.2) is 15.0 Å². The number of aromatic amines is 1. The zero-order chi connectivity index (χ0) is 20.5. The summed E-state index contributed by atoms with van der Waals surface area (Å²) >= 11 is 0. The van der Waals surface area contributed by atoms with Crippen LogP contribution in [0.4, 0.5) is 17.6 Å². The molecule has 0 saturated carbocycles. The lowest BCUT2D eigenvalue weighted by Gasteiger charge is -2.31. The zero-order valence-electron chi connectivity index (χ0n) is 16.9. The van der Waals surface area contributed by atoms with Crippen LogP contribution in [0, 0.1) is 0 Å². The summed E-state index contributed by atoms with van der Waals surface area (Å²) in [7, 11) is 3.75. The maximum Gasteiger partial charge on any atom is 0.227 e. The third-order valence-corrected chi connectivity index (χ3v) is 5.48. The molecule has 1 saturated heterocycles. The van der Waals surface area contributed by atoms with Crippen LogP contribution in [0.3, 0.4) is 0 Å². The first-order chi connectivity index (χ1) is 14.7. The monoisotopic (exact) mass is 405 g/mol. The summed E-state index contributed by atoms with van der Waals surface area (Å²) in [5.74, 6) is 2.96. The van der Waals surface area contributed by atoms with E-state index in [0.717, 1.165) is 54.3 Å². The van der Waals surface area contributed by atoms with E-state index in [2.05, 4.69) is 40.3 Å². The fourth-order valence-electron chi connectivity index (χ4n) is 3.79. The third kappa shape index (κ3) is 3.45. The molecule has 10 nitrogen and oxygen atoms in total. The van der Waals surface area contributed by atoms with Crippen LogP contribution in [-0.4, -0.2) is 61.0 Å². The maximum absolute atomic E-state index is 5.45. The lowest BCUT2D eigenvalue weighted by Crippen LogP contribution is -2.37. The summed E-state index contributed by atoms with van der Waals surface area (Å²) in [6.07, 6.45) is 9.40. The fraction of sp³-hybridized carbons (Fsp3) is 0.350. The van der Waals surface area contributed by atoms with Gasteiger partial charge in [-0.3, -0.25) is 5.10 Å². The molecule has 30 heavy (non-hydrogen) atoms. The first-order valence-electron chi connectivity index (χ1n) is 9.90.